The van der Waals surface area contributed by atoms with Crippen LogP contribution in [0.1, 0.15) is 72.1 Å². The lowest BCUT2D eigenvalue weighted by molar-refractivity contribution is -0.118. The maximum atomic E-state index is 11.9. The number of ketones is 1. The molecular formula is C22H31NO2. The lowest BCUT2D eigenvalue weighted by Crippen LogP contribution is -2.52. The summed E-state index contributed by atoms with van der Waals surface area (Å²) in [5, 5.41) is 20.2. The fourth-order valence-electron chi connectivity index (χ4n) is 7.56. The molecule has 4 aliphatic carbocycles. The zero-order valence-corrected chi connectivity index (χ0v) is 15.8. The SMILES string of the molecule is CC(O)(C#N)[C@H]1CC[C@H]2[C@@H]3CCC4=CC(=O)CC[C@@]4(C)[C@@H]3CC[C@]12C. The second kappa shape index (κ2) is 5.43. The summed E-state index contributed by atoms with van der Waals surface area (Å²) in [4.78, 5) is 11.9. The van der Waals surface area contributed by atoms with Gasteiger partial charge in [-0.25, -0.2) is 0 Å². The molecule has 1 unspecified atom stereocenters. The van der Waals surface area contributed by atoms with Gasteiger partial charge in [-0.1, -0.05) is 19.4 Å². The average Bonchev–Trinajstić information content (AvgIpc) is 2.93. The Morgan fingerprint density at radius 3 is 2.64 bits per heavy atom. The first-order valence-corrected chi connectivity index (χ1v) is 10.1. The zero-order chi connectivity index (χ0) is 18.0. The van der Waals surface area contributed by atoms with Crippen molar-refractivity contribution in [3.63, 3.8) is 0 Å². The van der Waals surface area contributed by atoms with E-state index in [0.29, 0.717) is 30.0 Å². The van der Waals surface area contributed by atoms with Gasteiger partial charge in [-0.15, -0.1) is 0 Å². The van der Waals surface area contributed by atoms with E-state index in [-0.39, 0.29) is 16.7 Å². The van der Waals surface area contributed by atoms with Crippen molar-refractivity contribution in [3.8, 4) is 6.07 Å². The molecule has 7 atom stereocenters. The van der Waals surface area contributed by atoms with E-state index in [9.17, 15) is 15.2 Å². The van der Waals surface area contributed by atoms with Crippen LogP contribution in [0.4, 0.5) is 0 Å². The minimum absolute atomic E-state index is 0.0858. The van der Waals surface area contributed by atoms with Gasteiger partial charge in [0.15, 0.2) is 11.4 Å². The highest BCUT2D eigenvalue weighted by Crippen LogP contribution is 2.67. The summed E-state index contributed by atoms with van der Waals surface area (Å²) in [7, 11) is 0. The van der Waals surface area contributed by atoms with Gasteiger partial charge in [0.25, 0.3) is 0 Å². The Kier molecular flexibility index (Phi) is 3.75. The van der Waals surface area contributed by atoms with Crippen molar-refractivity contribution in [2.45, 2.75) is 77.7 Å². The summed E-state index contributed by atoms with van der Waals surface area (Å²) in [6.45, 7) is 6.46. The normalized spacial score (nSPS) is 48.4. The quantitative estimate of drug-likeness (QED) is 0.719. The van der Waals surface area contributed by atoms with E-state index in [2.05, 4.69) is 19.9 Å². The van der Waals surface area contributed by atoms with Gasteiger partial charge in [-0.05, 0) is 86.5 Å². The van der Waals surface area contributed by atoms with Crippen molar-refractivity contribution < 1.29 is 9.90 Å². The summed E-state index contributed by atoms with van der Waals surface area (Å²) in [6.07, 6.45) is 10.3. The molecule has 3 saturated carbocycles. The fourth-order valence-corrected chi connectivity index (χ4v) is 7.56. The Morgan fingerprint density at radius 1 is 1.16 bits per heavy atom. The molecule has 136 valence electrons. The number of carbonyl (C=O) groups excluding carboxylic acids is 1. The highest BCUT2D eigenvalue weighted by molar-refractivity contribution is 5.91. The van der Waals surface area contributed by atoms with Gasteiger partial charge in [0.05, 0.1) is 6.07 Å². The molecule has 0 spiro atoms. The van der Waals surface area contributed by atoms with Gasteiger partial charge in [0, 0.05) is 12.3 Å². The van der Waals surface area contributed by atoms with Crippen LogP contribution >= 0.6 is 0 Å². The number of allylic oxidation sites excluding steroid dienone is 1. The second-order valence-corrected chi connectivity index (χ2v) is 9.90. The highest BCUT2D eigenvalue weighted by Gasteiger charge is 2.61. The first-order valence-electron chi connectivity index (χ1n) is 10.1. The lowest BCUT2D eigenvalue weighted by Gasteiger charge is -2.58. The molecular weight excluding hydrogens is 310 g/mol. The smallest absolute Gasteiger partial charge is 0.155 e. The minimum Gasteiger partial charge on any atom is -0.375 e. The molecule has 3 nitrogen and oxygen atoms in total. The number of rotatable bonds is 1. The van der Waals surface area contributed by atoms with Crippen LogP contribution in [0.3, 0.4) is 0 Å². The third-order valence-corrected chi connectivity index (χ3v) is 8.87. The Balaban J connectivity index is 1.66. The Morgan fingerprint density at radius 2 is 1.92 bits per heavy atom. The van der Waals surface area contributed by atoms with Crippen LogP contribution in [-0.2, 0) is 4.79 Å². The van der Waals surface area contributed by atoms with Crippen molar-refractivity contribution in [1.29, 1.82) is 5.26 Å². The van der Waals surface area contributed by atoms with Gasteiger partial charge >= 0.3 is 0 Å². The number of aliphatic hydroxyl groups is 1. The molecule has 4 rings (SSSR count). The van der Waals surface area contributed by atoms with Gasteiger partial charge in [0.1, 0.15) is 0 Å². The number of hydrogen-bond donors (Lipinski definition) is 1. The predicted molar refractivity (Wildman–Crippen MR) is 96.4 cm³/mol. The van der Waals surface area contributed by atoms with Gasteiger partial charge in [-0.2, -0.15) is 5.26 Å². The second-order valence-electron chi connectivity index (χ2n) is 9.90. The van der Waals surface area contributed by atoms with Crippen molar-refractivity contribution >= 4 is 5.78 Å². The topological polar surface area (TPSA) is 61.1 Å². The minimum atomic E-state index is -1.21. The van der Waals surface area contributed by atoms with Crippen LogP contribution < -0.4 is 0 Å². The largest absolute Gasteiger partial charge is 0.375 e. The van der Waals surface area contributed by atoms with Gasteiger partial charge in [0.2, 0.25) is 0 Å². The summed E-state index contributed by atoms with van der Waals surface area (Å²) < 4.78 is 0. The molecule has 0 saturated heterocycles. The lowest BCUT2D eigenvalue weighted by atomic mass is 9.46. The van der Waals surface area contributed by atoms with E-state index in [1.54, 1.807) is 6.92 Å². The van der Waals surface area contributed by atoms with E-state index in [1.807, 2.05) is 6.08 Å². The molecule has 3 heteroatoms. The van der Waals surface area contributed by atoms with E-state index in [0.717, 1.165) is 32.1 Å². The molecule has 0 radical (unpaired) electrons. The molecule has 0 aromatic carbocycles. The van der Waals surface area contributed by atoms with Gasteiger partial charge < -0.3 is 5.11 Å². The molecule has 1 N–H and O–H groups in total. The monoisotopic (exact) mass is 341 g/mol. The summed E-state index contributed by atoms with van der Waals surface area (Å²) in [6, 6.07) is 2.18. The first kappa shape index (κ1) is 17.3. The third kappa shape index (κ3) is 2.29. The van der Waals surface area contributed by atoms with Crippen LogP contribution in [0.25, 0.3) is 0 Å². The van der Waals surface area contributed by atoms with Crippen LogP contribution in [0.2, 0.25) is 0 Å². The van der Waals surface area contributed by atoms with E-state index >= 15 is 0 Å². The molecule has 25 heavy (non-hydrogen) atoms. The molecule has 4 aliphatic rings. The summed E-state index contributed by atoms with van der Waals surface area (Å²) in [5.74, 6) is 2.39. The maximum Gasteiger partial charge on any atom is 0.155 e. The zero-order valence-electron chi connectivity index (χ0n) is 15.8. The highest BCUT2D eigenvalue weighted by atomic mass is 16.3. The van der Waals surface area contributed by atoms with Crippen molar-refractivity contribution in [3.05, 3.63) is 11.6 Å². The molecule has 0 amide bonds. The number of nitrogens with zero attached hydrogens (tertiary/aromatic N) is 1. The van der Waals surface area contributed by atoms with E-state index in [4.69, 9.17) is 0 Å². The number of fused-ring (bicyclic) bond motifs is 5. The van der Waals surface area contributed by atoms with Crippen LogP contribution in [0, 0.1) is 45.8 Å². The Labute approximate surface area is 151 Å². The third-order valence-electron chi connectivity index (χ3n) is 8.87. The van der Waals surface area contributed by atoms with Gasteiger partial charge in [-0.3, -0.25) is 4.79 Å². The molecule has 0 heterocycles. The summed E-state index contributed by atoms with van der Waals surface area (Å²) >= 11 is 0. The van der Waals surface area contributed by atoms with Crippen LogP contribution in [0.5, 0.6) is 0 Å². The van der Waals surface area contributed by atoms with E-state index in [1.165, 1.54) is 18.4 Å². The van der Waals surface area contributed by atoms with E-state index < -0.39 is 5.60 Å². The van der Waals surface area contributed by atoms with Crippen LogP contribution in [0.15, 0.2) is 11.6 Å². The molecule has 0 bridgehead atoms. The standard InChI is InChI=1S/C22H31NO2/c1-20-10-8-15(24)12-14(20)4-5-16-17-6-7-19(22(3,25)13-23)21(17,2)11-9-18(16)20/h12,16-19,25H,4-11H2,1-3H3/t16-,17-,18+,19-,20+,21-,22?/m0/s1. The Bertz CT molecular complexity index is 672. The number of carbonyl (C=O) groups is 1. The van der Waals surface area contributed by atoms with Crippen molar-refractivity contribution in [2.24, 2.45) is 34.5 Å². The number of hydrogen-bond acceptors (Lipinski definition) is 3. The fraction of sp³-hybridized carbons (Fsp3) is 0.818. The number of nitriles is 1. The molecule has 0 aliphatic heterocycles. The Hall–Kier alpha value is -1.14. The maximum absolute atomic E-state index is 11.9. The molecule has 0 aromatic heterocycles. The molecule has 3 fully saturated rings. The van der Waals surface area contributed by atoms with Crippen molar-refractivity contribution in [1.82, 2.24) is 0 Å². The summed E-state index contributed by atoms with van der Waals surface area (Å²) in [5.41, 5.74) is 0.486. The molecule has 0 aromatic rings. The van der Waals surface area contributed by atoms with Crippen molar-refractivity contribution in [2.75, 3.05) is 0 Å². The first-order chi connectivity index (χ1) is 11.7. The van der Waals surface area contributed by atoms with Crippen LogP contribution in [-0.4, -0.2) is 16.5 Å². The predicted octanol–water partition coefficient (Wildman–Crippen LogP) is 4.41. The average molecular weight is 341 g/mol.